The standard InChI is InChI=1S/C26H25N3O3/c1-17-12-13-19(18(2)14-17)22-15-26(31)29(23-10-6-4-8-20(23)27-22)16-25(30)28-21-9-5-7-11-24(21)32-3/h4-14H,15-16H2,1-3H3,(H,28,30). The monoisotopic (exact) mass is 427 g/mol. The summed E-state index contributed by atoms with van der Waals surface area (Å²) in [5.41, 5.74) is 5.71. The second kappa shape index (κ2) is 9.06. The first-order valence-corrected chi connectivity index (χ1v) is 10.4. The van der Waals surface area contributed by atoms with E-state index >= 15 is 0 Å². The summed E-state index contributed by atoms with van der Waals surface area (Å²) in [6, 6.07) is 20.7. The van der Waals surface area contributed by atoms with Crippen LogP contribution in [0.5, 0.6) is 5.75 Å². The largest absolute Gasteiger partial charge is 0.495 e. The highest BCUT2D eigenvalue weighted by Crippen LogP contribution is 2.33. The molecule has 0 saturated heterocycles. The maximum atomic E-state index is 13.3. The number of para-hydroxylation sites is 4. The van der Waals surface area contributed by atoms with Crippen molar-refractivity contribution in [2.45, 2.75) is 20.3 Å². The number of hydrogen-bond acceptors (Lipinski definition) is 4. The number of rotatable bonds is 5. The SMILES string of the molecule is COc1ccccc1NC(=O)CN1C(=O)CC(c2ccc(C)cc2C)=Nc2ccccc21. The lowest BCUT2D eigenvalue weighted by atomic mass is 9.99. The van der Waals surface area contributed by atoms with Gasteiger partial charge in [-0.3, -0.25) is 14.6 Å². The fourth-order valence-electron chi connectivity index (χ4n) is 3.89. The number of methoxy groups -OCH3 is 1. The number of aliphatic imine (C=N–C) groups is 1. The van der Waals surface area contributed by atoms with Crippen molar-refractivity contribution >= 4 is 34.6 Å². The lowest BCUT2D eigenvalue weighted by Crippen LogP contribution is -2.38. The summed E-state index contributed by atoms with van der Waals surface area (Å²) in [6.07, 6.45) is 0.112. The van der Waals surface area contributed by atoms with E-state index in [1.807, 2.05) is 62.4 Å². The first-order chi connectivity index (χ1) is 15.5. The Morgan fingerprint density at radius 3 is 2.59 bits per heavy atom. The van der Waals surface area contributed by atoms with Crippen molar-refractivity contribution < 1.29 is 14.3 Å². The molecule has 4 rings (SSSR count). The Morgan fingerprint density at radius 2 is 1.81 bits per heavy atom. The maximum Gasteiger partial charge on any atom is 0.244 e. The highest BCUT2D eigenvalue weighted by molar-refractivity contribution is 6.19. The molecule has 1 aliphatic heterocycles. The number of carbonyl (C=O) groups excluding carboxylic acids is 2. The predicted molar refractivity (Wildman–Crippen MR) is 127 cm³/mol. The molecule has 0 aromatic heterocycles. The van der Waals surface area contributed by atoms with Gasteiger partial charge in [0.25, 0.3) is 0 Å². The van der Waals surface area contributed by atoms with E-state index in [1.165, 1.54) is 4.90 Å². The number of ether oxygens (including phenoxy) is 1. The van der Waals surface area contributed by atoms with Gasteiger partial charge >= 0.3 is 0 Å². The molecular formula is C26H25N3O3. The number of carbonyl (C=O) groups is 2. The number of fused-ring (bicyclic) bond motifs is 1. The van der Waals surface area contributed by atoms with Gasteiger partial charge in [-0.15, -0.1) is 0 Å². The quantitative estimate of drug-likeness (QED) is 0.635. The van der Waals surface area contributed by atoms with Crippen LogP contribution in [0.3, 0.4) is 0 Å². The zero-order chi connectivity index (χ0) is 22.7. The third kappa shape index (κ3) is 4.39. The van der Waals surface area contributed by atoms with Crippen molar-refractivity contribution in [1.29, 1.82) is 0 Å². The Labute approximate surface area is 187 Å². The van der Waals surface area contributed by atoms with Gasteiger partial charge in [0.1, 0.15) is 12.3 Å². The minimum atomic E-state index is -0.312. The fraction of sp³-hybridized carbons (Fsp3) is 0.192. The molecule has 6 nitrogen and oxygen atoms in total. The van der Waals surface area contributed by atoms with E-state index in [2.05, 4.69) is 11.4 Å². The van der Waals surface area contributed by atoms with Crippen molar-refractivity contribution in [3.05, 3.63) is 83.4 Å². The van der Waals surface area contributed by atoms with Crippen LogP contribution in [0.1, 0.15) is 23.1 Å². The zero-order valence-corrected chi connectivity index (χ0v) is 18.4. The highest BCUT2D eigenvalue weighted by Gasteiger charge is 2.27. The number of amides is 2. The fourth-order valence-corrected chi connectivity index (χ4v) is 3.89. The summed E-state index contributed by atoms with van der Waals surface area (Å²) >= 11 is 0. The molecule has 6 heteroatoms. The number of nitrogens with zero attached hydrogens (tertiary/aromatic N) is 2. The Kier molecular flexibility index (Phi) is 6.03. The van der Waals surface area contributed by atoms with Crippen LogP contribution in [0.2, 0.25) is 0 Å². The third-order valence-corrected chi connectivity index (χ3v) is 5.42. The summed E-state index contributed by atoms with van der Waals surface area (Å²) in [7, 11) is 1.55. The molecule has 0 fully saturated rings. The molecule has 0 unspecified atom stereocenters. The molecule has 32 heavy (non-hydrogen) atoms. The minimum Gasteiger partial charge on any atom is -0.495 e. The molecule has 0 spiro atoms. The molecule has 3 aromatic rings. The summed E-state index contributed by atoms with van der Waals surface area (Å²) in [5.74, 6) is 0.0698. The van der Waals surface area contributed by atoms with Gasteiger partial charge in [-0.05, 0) is 49.2 Å². The van der Waals surface area contributed by atoms with Crippen LogP contribution in [0.15, 0.2) is 71.7 Å². The normalized spacial score (nSPS) is 13.2. The number of hydrogen-bond donors (Lipinski definition) is 1. The molecule has 2 amide bonds. The van der Waals surface area contributed by atoms with Crippen molar-refractivity contribution in [2.24, 2.45) is 4.99 Å². The van der Waals surface area contributed by atoms with E-state index in [1.54, 1.807) is 19.2 Å². The molecule has 0 aliphatic carbocycles. The van der Waals surface area contributed by atoms with Gasteiger partial charge in [0.2, 0.25) is 11.8 Å². The lowest BCUT2D eigenvalue weighted by molar-refractivity contribution is -0.120. The van der Waals surface area contributed by atoms with Crippen LogP contribution in [0, 0.1) is 13.8 Å². The van der Waals surface area contributed by atoms with Crippen LogP contribution >= 0.6 is 0 Å². The van der Waals surface area contributed by atoms with Gasteiger partial charge in [-0.25, -0.2) is 0 Å². The molecule has 0 atom stereocenters. The van der Waals surface area contributed by atoms with E-state index in [4.69, 9.17) is 9.73 Å². The Morgan fingerprint density at radius 1 is 1.06 bits per heavy atom. The first kappa shape index (κ1) is 21.3. The molecule has 0 radical (unpaired) electrons. The van der Waals surface area contributed by atoms with Crippen molar-refractivity contribution in [3.63, 3.8) is 0 Å². The van der Waals surface area contributed by atoms with Gasteiger partial charge < -0.3 is 15.0 Å². The first-order valence-electron chi connectivity index (χ1n) is 10.4. The summed E-state index contributed by atoms with van der Waals surface area (Å²) in [6.45, 7) is 3.93. The number of benzene rings is 3. The molecule has 0 saturated carbocycles. The second-order valence-corrected chi connectivity index (χ2v) is 7.77. The molecule has 162 valence electrons. The van der Waals surface area contributed by atoms with Gasteiger partial charge in [0.05, 0.1) is 36.3 Å². The van der Waals surface area contributed by atoms with Gasteiger partial charge in [-0.2, -0.15) is 0 Å². The summed E-state index contributed by atoms with van der Waals surface area (Å²) in [5, 5.41) is 2.84. The molecule has 1 heterocycles. The molecular weight excluding hydrogens is 402 g/mol. The van der Waals surface area contributed by atoms with Crippen molar-refractivity contribution in [2.75, 3.05) is 23.9 Å². The van der Waals surface area contributed by atoms with Crippen LogP contribution < -0.4 is 15.0 Å². The predicted octanol–water partition coefficient (Wildman–Crippen LogP) is 4.81. The Balaban J connectivity index is 1.63. The maximum absolute atomic E-state index is 13.3. The summed E-state index contributed by atoms with van der Waals surface area (Å²) in [4.78, 5) is 32.5. The second-order valence-electron chi connectivity index (χ2n) is 7.77. The van der Waals surface area contributed by atoms with Crippen LogP contribution in [-0.4, -0.2) is 31.2 Å². The van der Waals surface area contributed by atoms with E-state index in [9.17, 15) is 9.59 Å². The zero-order valence-electron chi connectivity index (χ0n) is 18.4. The average Bonchev–Trinajstić information content (AvgIpc) is 2.90. The van der Waals surface area contributed by atoms with E-state index in [-0.39, 0.29) is 24.8 Å². The Bertz CT molecular complexity index is 1220. The summed E-state index contributed by atoms with van der Waals surface area (Å²) < 4.78 is 5.30. The van der Waals surface area contributed by atoms with Gasteiger partial charge in [-0.1, -0.05) is 48.0 Å². The lowest BCUT2D eigenvalue weighted by Gasteiger charge is -2.22. The van der Waals surface area contributed by atoms with Crippen LogP contribution in [-0.2, 0) is 9.59 Å². The molecule has 1 N–H and O–H groups in total. The van der Waals surface area contributed by atoms with Crippen molar-refractivity contribution in [1.82, 2.24) is 0 Å². The van der Waals surface area contributed by atoms with Crippen LogP contribution in [0.25, 0.3) is 0 Å². The van der Waals surface area contributed by atoms with Gasteiger partial charge in [0, 0.05) is 0 Å². The van der Waals surface area contributed by atoms with E-state index in [0.29, 0.717) is 28.5 Å². The number of nitrogens with one attached hydrogen (secondary N) is 1. The van der Waals surface area contributed by atoms with Gasteiger partial charge in [0.15, 0.2) is 0 Å². The average molecular weight is 428 g/mol. The highest BCUT2D eigenvalue weighted by atomic mass is 16.5. The number of anilines is 2. The topological polar surface area (TPSA) is 71.0 Å². The molecule has 1 aliphatic rings. The number of aryl methyl sites for hydroxylation is 2. The van der Waals surface area contributed by atoms with E-state index < -0.39 is 0 Å². The molecule has 3 aromatic carbocycles. The third-order valence-electron chi connectivity index (χ3n) is 5.42. The Hall–Kier alpha value is -3.93. The van der Waals surface area contributed by atoms with E-state index in [0.717, 1.165) is 16.7 Å². The smallest absolute Gasteiger partial charge is 0.244 e. The van der Waals surface area contributed by atoms with Crippen molar-refractivity contribution in [3.8, 4) is 5.75 Å². The van der Waals surface area contributed by atoms with Crippen LogP contribution in [0.4, 0.5) is 17.1 Å². The molecule has 0 bridgehead atoms. The minimum absolute atomic E-state index is 0.112.